The van der Waals surface area contributed by atoms with Gasteiger partial charge in [0.15, 0.2) is 0 Å². The summed E-state index contributed by atoms with van der Waals surface area (Å²) in [6, 6.07) is 14.9. The number of anilines is 1. The van der Waals surface area contributed by atoms with Crippen molar-refractivity contribution in [3.05, 3.63) is 75.3 Å². The molecule has 0 atom stereocenters. The van der Waals surface area contributed by atoms with Gasteiger partial charge in [0.2, 0.25) is 10.7 Å². The van der Waals surface area contributed by atoms with Crippen molar-refractivity contribution in [2.24, 2.45) is 0 Å². The molecular weight excluding hydrogens is 437 g/mol. The lowest BCUT2D eigenvalue weighted by atomic mass is 10.2. The molecule has 0 radical (unpaired) electrons. The molecule has 9 heteroatoms. The van der Waals surface area contributed by atoms with E-state index < -0.39 is 0 Å². The van der Waals surface area contributed by atoms with Gasteiger partial charge in [0.05, 0.1) is 26.4 Å². The zero-order valence-corrected chi connectivity index (χ0v) is 18.9. The van der Waals surface area contributed by atoms with Gasteiger partial charge >= 0.3 is 0 Å². The normalized spacial score (nSPS) is 14.4. The van der Waals surface area contributed by atoms with E-state index in [4.69, 9.17) is 33.7 Å². The summed E-state index contributed by atoms with van der Waals surface area (Å²) >= 11 is 12.0. The molecule has 0 aliphatic carbocycles. The Bertz CT molecular complexity index is 1060. The molecule has 2 aromatic carbocycles. The molecule has 0 spiro atoms. The SMILES string of the molecule is CN(Cc1c(F)cccc1Cl)Cn1nc(N2CCOCC2)n(Cc2ccccc2)c1=S. The first-order chi connectivity index (χ1) is 15.0. The molecule has 1 aliphatic heterocycles. The molecule has 0 saturated carbocycles. The highest BCUT2D eigenvalue weighted by Gasteiger charge is 2.21. The molecule has 1 aromatic heterocycles. The predicted molar refractivity (Wildman–Crippen MR) is 123 cm³/mol. The van der Waals surface area contributed by atoms with E-state index in [1.54, 1.807) is 16.8 Å². The van der Waals surface area contributed by atoms with Crippen LogP contribution in [0.25, 0.3) is 0 Å². The minimum absolute atomic E-state index is 0.313. The van der Waals surface area contributed by atoms with Gasteiger partial charge in [-0.2, -0.15) is 0 Å². The summed E-state index contributed by atoms with van der Waals surface area (Å²) in [6.07, 6.45) is 0. The molecule has 1 saturated heterocycles. The second-order valence-electron chi connectivity index (χ2n) is 7.61. The first kappa shape index (κ1) is 22.0. The molecule has 6 nitrogen and oxygen atoms in total. The zero-order valence-electron chi connectivity index (χ0n) is 17.4. The monoisotopic (exact) mass is 461 g/mol. The summed E-state index contributed by atoms with van der Waals surface area (Å²) in [4.78, 5) is 4.15. The van der Waals surface area contributed by atoms with Gasteiger partial charge in [-0.05, 0) is 37.0 Å². The number of morpholine rings is 1. The van der Waals surface area contributed by atoms with Crippen LogP contribution in [0.4, 0.5) is 10.3 Å². The fourth-order valence-corrected chi connectivity index (χ4v) is 4.12. The molecule has 0 N–H and O–H groups in total. The van der Waals surface area contributed by atoms with Crippen molar-refractivity contribution in [3.63, 3.8) is 0 Å². The van der Waals surface area contributed by atoms with Gasteiger partial charge in [-0.25, -0.2) is 9.07 Å². The lowest BCUT2D eigenvalue weighted by Gasteiger charge is -2.27. The van der Waals surface area contributed by atoms with Gasteiger partial charge in [-0.1, -0.05) is 48.0 Å². The molecule has 0 amide bonds. The first-order valence-corrected chi connectivity index (χ1v) is 11.0. The van der Waals surface area contributed by atoms with E-state index in [0.717, 1.165) is 24.6 Å². The number of hydrogen-bond donors (Lipinski definition) is 0. The van der Waals surface area contributed by atoms with Crippen molar-refractivity contribution in [1.29, 1.82) is 0 Å². The molecule has 164 valence electrons. The minimum Gasteiger partial charge on any atom is -0.378 e. The Morgan fingerprint density at radius 2 is 1.87 bits per heavy atom. The largest absolute Gasteiger partial charge is 0.378 e. The topological polar surface area (TPSA) is 38.5 Å². The quantitative estimate of drug-likeness (QED) is 0.493. The average molecular weight is 462 g/mol. The van der Waals surface area contributed by atoms with E-state index in [1.165, 1.54) is 6.07 Å². The highest BCUT2D eigenvalue weighted by atomic mass is 35.5. The standard InChI is InChI=1S/C22H25ClFN5OS/c1-26(15-18-19(23)8-5-9-20(18)24)16-29-22(31)28(14-17-6-3-2-4-7-17)21(25-29)27-10-12-30-13-11-27/h2-9H,10-16H2,1H3. The van der Waals surface area contributed by atoms with Crippen molar-refractivity contribution in [1.82, 2.24) is 19.2 Å². The fraction of sp³-hybridized carbons (Fsp3) is 0.364. The second-order valence-corrected chi connectivity index (χ2v) is 8.38. The van der Waals surface area contributed by atoms with E-state index in [2.05, 4.69) is 21.6 Å². The molecule has 0 unspecified atom stereocenters. The molecule has 4 rings (SSSR count). The van der Waals surface area contributed by atoms with Crippen LogP contribution in [-0.4, -0.2) is 52.6 Å². The van der Waals surface area contributed by atoms with E-state index in [1.807, 2.05) is 30.1 Å². The summed E-state index contributed by atoms with van der Waals surface area (Å²) in [6.45, 7) is 4.26. The smallest absolute Gasteiger partial charge is 0.226 e. The third-order valence-corrected chi connectivity index (χ3v) is 6.03. The summed E-state index contributed by atoms with van der Waals surface area (Å²) in [5, 5.41) is 5.25. The van der Waals surface area contributed by atoms with Gasteiger partial charge in [0, 0.05) is 30.2 Å². The van der Waals surface area contributed by atoms with Crippen LogP contribution >= 0.6 is 23.8 Å². The van der Waals surface area contributed by atoms with Gasteiger partial charge < -0.3 is 9.64 Å². The van der Waals surface area contributed by atoms with Crippen molar-refractivity contribution in [2.45, 2.75) is 19.8 Å². The first-order valence-electron chi connectivity index (χ1n) is 10.2. The summed E-state index contributed by atoms with van der Waals surface area (Å²) in [5.74, 6) is 0.515. The van der Waals surface area contributed by atoms with Crippen LogP contribution in [0, 0.1) is 10.6 Å². The molecule has 0 bridgehead atoms. The van der Waals surface area contributed by atoms with Crippen LogP contribution in [-0.2, 0) is 24.5 Å². The van der Waals surface area contributed by atoms with Crippen LogP contribution in [0.1, 0.15) is 11.1 Å². The molecule has 3 aromatic rings. The lowest BCUT2D eigenvalue weighted by molar-refractivity contribution is 0.121. The van der Waals surface area contributed by atoms with Gasteiger partial charge in [-0.3, -0.25) is 9.47 Å². The second kappa shape index (κ2) is 9.91. The Balaban J connectivity index is 1.60. The summed E-state index contributed by atoms with van der Waals surface area (Å²) in [7, 11) is 1.90. The third kappa shape index (κ3) is 5.15. The number of aromatic nitrogens is 3. The van der Waals surface area contributed by atoms with E-state index in [9.17, 15) is 4.39 Å². The highest BCUT2D eigenvalue weighted by Crippen LogP contribution is 2.21. The van der Waals surface area contributed by atoms with Crippen molar-refractivity contribution >= 4 is 29.8 Å². The molecule has 2 heterocycles. The zero-order chi connectivity index (χ0) is 21.8. The number of rotatable bonds is 7. The van der Waals surface area contributed by atoms with Gasteiger partial charge in [-0.15, -0.1) is 5.10 Å². The Labute approximate surface area is 191 Å². The maximum Gasteiger partial charge on any atom is 0.226 e. The van der Waals surface area contributed by atoms with Crippen LogP contribution in [0.15, 0.2) is 48.5 Å². The molecule has 1 fully saturated rings. The van der Waals surface area contributed by atoms with Crippen molar-refractivity contribution in [2.75, 3.05) is 38.3 Å². The Morgan fingerprint density at radius 3 is 2.58 bits per heavy atom. The van der Waals surface area contributed by atoms with Crippen LogP contribution < -0.4 is 4.90 Å². The maximum absolute atomic E-state index is 14.2. The van der Waals surface area contributed by atoms with E-state index in [-0.39, 0.29) is 5.82 Å². The maximum atomic E-state index is 14.2. The highest BCUT2D eigenvalue weighted by molar-refractivity contribution is 7.71. The van der Waals surface area contributed by atoms with Crippen LogP contribution in [0.5, 0.6) is 0 Å². The Kier molecular flexibility index (Phi) is 7.02. The van der Waals surface area contributed by atoms with Crippen molar-refractivity contribution in [3.8, 4) is 0 Å². The summed E-state index contributed by atoms with van der Waals surface area (Å²) < 4.78 is 24.2. The molecule has 1 aliphatic rings. The fourth-order valence-electron chi connectivity index (χ4n) is 3.66. The van der Waals surface area contributed by atoms with Crippen LogP contribution in [0.3, 0.4) is 0 Å². The predicted octanol–water partition coefficient (Wildman–Crippen LogP) is 4.18. The Hall–Kier alpha value is -2.26. The minimum atomic E-state index is -0.313. The van der Waals surface area contributed by atoms with Gasteiger partial charge in [0.25, 0.3) is 0 Å². The third-order valence-electron chi connectivity index (χ3n) is 5.25. The number of hydrogen-bond acceptors (Lipinski definition) is 5. The number of benzene rings is 2. The number of ether oxygens (including phenoxy) is 1. The van der Waals surface area contributed by atoms with E-state index in [0.29, 0.717) is 48.3 Å². The van der Waals surface area contributed by atoms with E-state index >= 15 is 0 Å². The average Bonchev–Trinajstić information content (AvgIpc) is 3.07. The van der Waals surface area contributed by atoms with Crippen molar-refractivity contribution < 1.29 is 9.13 Å². The summed E-state index contributed by atoms with van der Waals surface area (Å²) in [5.41, 5.74) is 1.62. The van der Waals surface area contributed by atoms with Gasteiger partial charge in [0.1, 0.15) is 5.82 Å². The lowest BCUT2D eigenvalue weighted by Crippen LogP contribution is -2.38. The van der Waals surface area contributed by atoms with Crippen LogP contribution in [0.2, 0.25) is 5.02 Å². The molecular formula is C22H25ClFN5OS. The number of nitrogens with zero attached hydrogens (tertiary/aromatic N) is 5. The Morgan fingerprint density at radius 1 is 1.13 bits per heavy atom. The molecule has 31 heavy (non-hydrogen) atoms. The number of halogens is 2.